The first-order valence-electron chi connectivity index (χ1n) is 6.18. The van der Waals surface area contributed by atoms with Crippen LogP contribution in [0.4, 0.5) is 0 Å². The summed E-state index contributed by atoms with van der Waals surface area (Å²) in [5.41, 5.74) is 0. The summed E-state index contributed by atoms with van der Waals surface area (Å²) in [6.45, 7) is 2.03. The summed E-state index contributed by atoms with van der Waals surface area (Å²) in [4.78, 5) is 4.31. The number of hydrogen-bond donors (Lipinski definition) is 1. The highest BCUT2D eigenvalue weighted by atomic mass is 15.1. The van der Waals surface area contributed by atoms with E-state index in [-0.39, 0.29) is 0 Å². The molecule has 0 saturated heterocycles. The van der Waals surface area contributed by atoms with Gasteiger partial charge in [0.1, 0.15) is 5.82 Å². The van der Waals surface area contributed by atoms with E-state index in [9.17, 15) is 0 Å². The summed E-state index contributed by atoms with van der Waals surface area (Å²) in [6.07, 6.45) is 11.5. The topological polar surface area (TPSA) is 29.9 Å². The van der Waals surface area contributed by atoms with Crippen LogP contribution < -0.4 is 5.32 Å². The number of rotatable bonds is 4. The van der Waals surface area contributed by atoms with Crippen LogP contribution in [0.5, 0.6) is 0 Å². The fraction of sp³-hybridized carbons (Fsp3) is 0.615. The van der Waals surface area contributed by atoms with E-state index in [0.29, 0.717) is 0 Å². The molecule has 0 spiro atoms. The van der Waals surface area contributed by atoms with Crippen molar-refractivity contribution in [2.24, 2.45) is 24.8 Å². The molecular weight excluding hydrogens is 198 g/mol. The molecule has 2 aliphatic carbocycles. The molecule has 2 aliphatic rings. The number of nitrogens with zero attached hydrogens (tertiary/aromatic N) is 2. The van der Waals surface area contributed by atoms with Gasteiger partial charge >= 0.3 is 0 Å². The lowest BCUT2D eigenvalue weighted by molar-refractivity contribution is 0.410. The molecule has 1 aromatic heterocycles. The van der Waals surface area contributed by atoms with Gasteiger partial charge in [0.15, 0.2) is 0 Å². The van der Waals surface area contributed by atoms with Gasteiger partial charge in [-0.05, 0) is 37.1 Å². The third kappa shape index (κ3) is 1.80. The minimum atomic E-state index is 0.846. The Hall–Kier alpha value is -1.09. The molecule has 0 amide bonds. The molecule has 1 N–H and O–H groups in total. The van der Waals surface area contributed by atoms with E-state index in [1.54, 1.807) is 0 Å². The Morgan fingerprint density at radius 1 is 1.44 bits per heavy atom. The molecule has 0 aromatic carbocycles. The number of allylic oxidation sites excluding steroid dienone is 2. The molecule has 3 atom stereocenters. The van der Waals surface area contributed by atoms with Gasteiger partial charge in [-0.1, -0.05) is 12.2 Å². The predicted molar refractivity (Wildman–Crippen MR) is 63.8 cm³/mol. The largest absolute Gasteiger partial charge is 0.337 e. The van der Waals surface area contributed by atoms with Crippen LogP contribution in [-0.4, -0.2) is 16.1 Å². The van der Waals surface area contributed by atoms with E-state index in [0.717, 1.165) is 36.7 Å². The van der Waals surface area contributed by atoms with E-state index in [1.807, 2.05) is 19.4 Å². The van der Waals surface area contributed by atoms with E-state index in [4.69, 9.17) is 0 Å². The van der Waals surface area contributed by atoms with Crippen molar-refractivity contribution in [3.63, 3.8) is 0 Å². The zero-order chi connectivity index (χ0) is 11.0. The van der Waals surface area contributed by atoms with Gasteiger partial charge < -0.3 is 9.88 Å². The highest BCUT2D eigenvalue weighted by Crippen LogP contribution is 2.42. The third-order valence-electron chi connectivity index (χ3n) is 4.03. The maximum atomic E-state index is 4.31. The zero-order valence-corrected chi connectivity index (χ0v) is 9.76. The SMILES string of the molecule is Cn1ccnc1CNCC1CC2C=CC1C2. The Morgan fingerprint density at radius 2 is 2.38 bits per heavy atom. The van der Waals surface area contributed by atoms with Crippen molar-refractivity contribution in [1.29, 1.82) is 0 Å². The van der Waals surface area contributed by atoms with Crippen LogP contribution in [0.3, 0.4) is 0 Å². The number of hydrogen-bond acceptors (Lipinski definition) is 2. The van der Waals surface area contributed by atoms with E-state index in [2.05, 4.69) is 27.0 Å². The maximum absolute atomic E-state index is 4.31. The monoisotopic (exact) mass is 217 g/mol. The second kappa shape index (κ2) is 4.06. The number of aromatic nitrogens is 2. The first-order chi connectivity index (χ1) is 7.83. The lowest BCUT2D eigenvalue weighted by Crippen LogP contribution is -2.26. The van der Waals surface area contributed by atoms with Gasteiger partial charge in [0, 0.05) is 19.4 Å². The molecule has 1 saturated carbocycles. The summed E-state index contributed by atoms with van der Waals surface area (Å²) in [7, 11) is 2.05. The summed E-state index contributed by atoms with van der Waals surface area (Å²) in [5, 5.41) is 3.54. The second-order valence-corrected chi connectivity index (χ2v) is 5.13. The molecule has 2 bridgehead atoms. The average molecular weight is 217 g/mol. The van der Waals surface area contributed by atoms with E-state index in [1.165, 1.54) is 12.8 Å². The summed E-state index contributed by atoms with van der Waals surface area (Å²) in [5.74, 6) is 3.71. The molecule has 1 heterocycles. The van der Waals surface area contributed by atoms with Gasteiger partial charge in [-0.25, -0.2) is 4.98 Å². The Labute approximate surface area is 96.6 Å². The number of fused-ring (bicyclic) bond motifs is 2. The quantitative estimate of drug-likeness (QED) is 0.778. The van der Waals surface area contributed by atoms with Gasteiger partial charge in [-0.15, -0.1) is 0 Å². The minimum absolute atomic E-state index is 0.846. The minimum Gasteiger partial charge on any atom is -0.337 e. The van der Waals surface area contributed by atoms with Gasteiger partial charge in [0.05, 0.1) is 6.54 Å². The molecule has 3 unspecified atom stereocenters. The number of aryl methyl sites for hydroxylation is 1. The Kier molecular flexibility index (Phi) is 2.56. The second-order valence-electron chi connectivity index (χ2n) is 5.13. The van der Waals surface area contributed by atoms with Crippen LogP contribution in [0, 0.1) is 17.8 Å². The Bertz CT molecular complexity index is 394. The molecule has 0 aliphatic heterocycles. The highest BCUT2D eigenvalue weighted by molar-refractivity contribution is 5.10. The fourth-order valence-corrected chi connectivity index (χ4v) is 3.07. The van der Waals surface area contributed by atoms with Crippen LogP contribution in [0.1, 0.15) is 18.7 Å². The van der Waals surface area contributed by atoms with Crippen molar-refractivity contribution in [2.75, 3.05) is 6.54 Å². The molecular formula is C13H19N3. The lowest BCUT2D eigenvalue weighted by atomic mass is 9.94. The Balaban J connectivity index is 1.48. The zero-order valence-electron chi connectivity index (χ0n) is 9.76. The van der Waals surface area contributed by atoms with Gasteiger partial charge in [0.2, 0.25) is 0 Å². The van der Waals surface area contributed by atoms with Crippen LogP contribution in [0.2, 0.25) is 0 Å². The molecule has 1 fully saturated rings. The number of nitrogens with one attached hydrogen (secondary N) is 1. The Morgan fingerprint density at radius 3 is 3.00 bits per heavy atom. The molecule has 0 radical (unpaired) electrons. The van der Waals surface area contributed by atoms with Crippen LogP contribution >= 0.6 is 0 Å². The van der Waals surface area contributed by atoms with Gasteiger partial charge in [-0.3, -0.25) is 0 Å². The molecule has 16 heavy (non-hydrogen) atoms. The van der Waals surface area contributed by atoms with Gasteiger partial charge in [-0.2, -0.15) is 0 Å². The first kappa shape index (κ1) is 10.1. The van der Waals surface area contributed by atoms with E-state index < -0.39 is 0 Å². The number of imidazole rings is 1. The van der Waals surface area contributed by atoms with Crippen molar-refractivity contribution in [3.8, 4) is 0 Å². The molecule has 86 valence electrons. The standard InChI is InChI=1S/C13H19N3/c1-16-5-4-15-13(16)9-14-8-12-7-10-2-3-11(12)6-10/h2-5,10-12,14H,6-9H2,1H3. The fourth-order valence-electron chi connectivity index (χ4n) is 3.07. The van der Waals surface area contributed by atoms with Crippen LogP contribution in [-0.2, 0) is 13.6 Å². The van der Waals surface area contributed by atoms with Crippen LogP contribution in [0.25, 0.3) is 0 Å². The summed E-state index contributed by atoms with van der Waals surface area (Å²) < 4.78 is 2.08. The van der Waals surface area contributed by atoms with Crippen molar-refractivity contribution < 1.29 is 0 Å². The maximum Gasteiger partial charge on any atom is 0.122 e. The first-order valence-corrected chi connectivity index (χ1v) is 6.18. The third-order valence-corrected chi connectivity index (χ3v) is 4.03. The summed E-state index contributed by atoms with van der Waals surface area (Å²) in [6, 6.07) is 0. The smallest absolute Gasteiger partial charge is 0.122 e. The van der Waals surface area contributed by atoms with Crippen molar-refractivity contribution in [1.82, 2.24) is 14.9 Å². The highest BCUT2D eigenvalue weighted by Gasteiger charge is 2.34. The lowest BCUT2D eigenvalue weighted by Gasteiger charge is -2.18. The summed E-state index contributed by atoms with van der Waals surface area (Å²) >= 11 is 0. The molecule has 1 aromatic rings. The predicted octanol–water partition coefficient (Wildman–Crippen LogP) is 1.72. The van der Waals surface area contributed by atoms with Gasteiger partial charge in [0.25, 0.3) is 0 Å². The van der Waals surface area contributed by atoms with Crippen molar-refractivity contribution in [2.45, 2.75) is 19.4 Å². The van der Waals surface area contributed by atoms with Crippen molar-refractivity contribution in [3.05, 3.63) is 30.4 Å². The van der Waals surface area contributed by atoms with E-state index >= 15 is 0 Å². The molecule has 3 rings (SSSR count). The molecule has 3 nitrogen and oxygen atoms in total. The average Bonchev–Trinajstić information content (AvgIpc) is 2.96. The molecule has 3 heteroatoms. The van der Waals surface area contributed by atoms with Crippen molar-refractivity contribution >= 4 is 0 Å². The normalized spacial score (nSPS) is 31.4. The van der Waals surface area contributed by atoms with Crippen LogP contribution in [0.15, 0.2) is 24.5 Å².